The zero-order valence-corrected chi connectivity index (χ0v) is 25.1. The molecule has 0 aliphatic carbocycles. The molecule has 0 spiro atoms. The molecular weight excluding hydrogens is 568 g/mol. The van der Waals surface area contributed by atoms with Crippen molar-refractivity contribution in [2.75, 3.05) is 32.5 Å². The van der Waals surface area contributed by atoms with Crippen LogP contribution in [0.2, 0.25) is 0 Å². The number of carbonyl (C=O) groups excluding carboxylic acids is 1. The molecule has 224 valence electrons. The molecule has 4 aromatic rings. The summed E-state index contributed by atoms with van der Waals surface area (Å²) in [4.78, 5) is 22.6. The van der Waals surface area contributed by atoms with Crippen LogP contribution in [0.4, 0.5) is 11.6 Å². The van der Waals surface area contributed by atoms with Gasteiger partial charge in [0.15, 0.2) is 5.03 Å². The third-order valence-electron chi connectivity index (χ3n) is 7.52. The molecule has 1 atom stereocenters. The van der Waals surface area contributed by atoms with E-state index < -0.39 is 10.0 Å². The Morgan fingerprint density at radius 1 is 1.16 bits per heavy atom. The number of carbonyl (C=O) groups is 1. The van der Waals surface area contributed by atoms with Gasteiger partial charge in [0.2, 0.25) is 5.95 Å². The van der Waals surface area contributed by atoms with Crippen molar-refractivity contribution in [1.82, 2.24) is 38.7 Å². The Labute approximate surface area is 250 Å². The second-order valence-corrected chi connectivity index (χ2v) is 12.7. The van der Waals surface area contributed by atoms with Gasteiger partial charge in [-0.25, -0.2) is 18.4 Å². The summed E-state index contributed by atoms with van der Waals surface area (Å²) in [5.41, 5.74) is 2.80. The van der Waals surface area contributed by atoms with Crippen LogP contribution >= 0.6 is 0 Å². The number of nitrogens with one attached hydrogen (secondary N) is 1. The number of sulfonamides is 1. The van der Waals surface area contributed by atoms with Gasteiger partial charge < -0.3 is 10.2 Å². The van der Waals surface area contributed by atoms with E-state index in [1.165, 1.54) is 20.0 Å². The predicted molar refractivity (Wildman–Crippen MR) is 160 cm³/mol. The Kier molecular flexibility index (Phi) is 8.84. The van der Waals surface area contributed by atoms with Crippen LogP contribution in [-0.4, -0.2) is 80.2 Å². The lowest BCUT2D eigenvalue weighted by Crippen LogP contribution is -2.39. The summed E-state index contributed by atoms with van der Waals surface area (Å²) in [5.74, 6) is 0.587. The van der Waals surface area contributed by atoms with Crippen molar-refractivity contribution >= 4 is 27.6 Å². The first-order valence-electron chi connectivity index (χ1n) is 14.0. The van der Waals surface area contributed by atoms with Gasteiger partial charge in [0.05, 0.1) is 30.4 Å². The largest absolute Gasteiger partial charge is 0.345 e. The number of rotatable bonds is 10. The van der Waals surface area contributed by atoms with Crippen molar-refractivity contribution in [3.05, 3.63) is 66.7 Å². The van der Waals surface area contributed by atoms with Crippen LogP contribution in [0.25, 0.3) is 11.3 Å². The normalized spacial score (nSPS) is 15.1. The third kappa shape index (κ3) is 6.90. The van der Waals surface area contributed by atoms with Gasteiger partial charge in [-0.3, -0.25) is 14.2 Å². The molecule has 0 bridgehead atoms. The van der Waals surface area contributed by atoms with Crippen molar-refractivity contribution in [3.8, 4) is 17.3 Å². The highest BCUT2D eigenvalue weighted by Crippen LogP contribution is 2.31. The summed E-state index contributed by atoms with van der Waals surface area (Å²) in [6, 6.07) is 12.5. The first kappa shape index (κ1) is 29.9. The van der Waals surface area contributed by atoms with E-state index in [0.29, 0.717) is 43.1 Å². The Balaban J connectivity index is 1.22. The van der Waals surface area contributed by atoms with Crippen molar-refractivity contribution < 1.29 is 13.2 Å². The minimum absolute atomic E-state index is 0.0670. The topological polar surface area (TPSA) is 155 Å². The van der Waals surface area contributed by atoms with Crippen molar-refractivity contribution in [2.45, 2.75) is 36.8 Å². The van der Waals surface area contributed by atoms with Gasteiger partial charge in [0.25, 0.3) is 15.9 Å². The molecule has 3 aromatic heterocycles. The van der Waals surface area contributed by atoms with E-state index in [4.69, 9.17) is 0 Å². The lowest BCUT2D eigenvalue weighted by atomic mass is 9.90. The predicted octanol–water partition coefficient (Wildman–Crippen LogP) is 3.46. The van der Waals surface area contributed by atoms with Crippen LogP contribution in [0.3, 0.4) is 0 Å². The number of aromatic nitrogens is 6. The fraction of sp³-hybridized carbons (Fsp3) is 0.379. The zero-order valence-electron chi connectivity index (χ0n) is 24.3. The van der Waals surface area contributed by atoms with Gasteiger partial charge in [-0.1, -0.05) is 0 Å². The second-order valence-electron chi connectivity index (χ2n) is 10.8. The first-order valence-corrected chi connectivity index (χ1v) is 15.4. The number of piperidine rings is 1. The summed E-state index contributed by atoms with van der Waals surface area (Å²) in [5, 5.41) is 21.4. The van der Waals surface area contributed by atoms with Gasteiger partial charge in [0, 0.05) is 69.6 Å². The summed E-state index contributed by atoms with van der Waals surface area (Å²) < 4.78 is 30.7. The Morgan fingerprint density at radius 2 is 1.91 bits per heavy atom. The highest BCUT2D eigenvalue weighted by Gasteiger charge is 2.32. The van der Waals surface area contributed by atoms with E-state index in [1.54, 1.807) is 70.1 Å². The fourth-order valence-corrected chi connectivity index (χ4v) is 6.58. The number of benzene rings is 1. The maximum Gasteiger partial charge on any atom is 0.262 e. The smallest absolute Gasteiger partial charge is 0.262 e. The number of anilines is 2. The van der Waals surface area contributed by atoms with Gasteiger partial charge in [-0.05, 0) is 61.6 Å². The van der Waals surface area contributed by atoms with Crippen LogP contribution in [0.5, 0.6) is 0 Å². The molecule has 4 heterocycles. The molecule has 14 heteroatoms. The molecule has 1 aliphatic rings. The van der Waals surface area contributed by atoms with Crippen LogP contribution in [0, 0.1) is 17.2 Å². The highest BCUT2D eigenvalue weighted by atomic mass is 32.2. The fourth-order valence-electron chi connectivity index (χ4n) is 5.16. The number of nitrogens with zero attached hydrogens (tertiary/aromatic N) is 9. The molecule has 1 unspecified atom stereocenters. The second kappa shape index (κ2) is 12.7. The van der Waals surface area contributed by atoms with Gasteiger partial charge >= 0.3 is 0 Å². The van der Waals surface area contributed by atoms with E-state index >= 15 is 0 Å². The van der Waals surface area contributed by atoms with Crippen LogP contribution in [-0.2, 0) is 17.1 Å². The van der Waals surface area contributed by atoms with Crippen LogP contribution in [0.1, 0.15) is 42.1 Å². The summed E-state index contributed by atoms with van der Waals surface area (Å²) >= 11 is 0. The van der Waals surface area contributed by atoms with Gasteiger partial charge in [-0.15, -0.1) is 0 Å². The standard InChI is InChI=1S/C29H34N10O3S/c1-36(2)28(40)22-4-6-24(7-5-22)33-29-31-14-9-26(34-29)23-19-32-39(20-23)25(8-13-30)18-21-10-16-38(17-11-21)43(41,42)27-12-15-37(3)35-27/h4-7,9,12,14-15,19-21,25H,8,10-11,16-18H2,1-3H3,(H,31,33,34). The zero-order chi connectivity index (χ0) is 30.6. The Bertz CT molecular complexity index is 1720. The van der Waals surface area contributed by atoms with Crippen molar-refractivity contribution in [2.24, 2.45) is 13.0 Å². The van der Waals surface area contributed by atoms with E-state index in [0.717, 1.165) is 17.7 Å². The summed E-state index contributed by atoms with van der Waals surface area (Å²) in [7, 11) is 1.50. The molecule has 0 saturated carbocycles. The minimum atomic E-state index is -3.62. The number of hydrogen-bond acceptors (Lipinski definition) is 9. The highest BCUT2D eigenvalue weighted by molar-refractivity contribution is 7.89. The quantitative estimate of drug-likeness (QED) is 0.287. The molecular formula is C29H34N10O3S. The monoisotopic (exact) mass is 602 g/mol. The third-order valence-corrected chi connectivity index (χ3v) is 9.31. The minimum Gasteiger partial charge on any atom is -0.345 e. The van der Waals surface area contributed by atoms with Crippen LogP contribution in [0.15, 0.2) is 66.2 Å². The average molecular weight is 603 g/mol. The maximum absolute atomic E-state index is 12.9. The lowest BCUT2D eigenvalue weighted by Gasteiger charge is -2.32. The molecule has 5 rings (SSSR count). The number of aryl methyl sites for hydroxylation is 1. The number of amides is 1. The van der Waals surface area contributed by atoms with E-state index in [2.05, 4.69) is 31.6 Å². The van der Waals surface area contributed by atoms with E-state index in [-0.39, 0.29) is 29.3 Å². The molecule has 1 fully saturated rings. The van der Waals surface area contributed by atoms with E-state index in [1.807, 2.05) is 10.9 Å². The molecule has 1 amide bonds. The number of hydrogen-bond donors (Lipinski definition) is 1. The molecule has 1 N–H and O–H groups in total. The molecule has 1 aromatic carbocycles. The van der Waals surface area contributed by atoms with Crippen LogP contribution < -0.4 is 5.32 Å². The number of nitriles is 1. The van der Waals surface area contributed by atoms with Crippen molar-refractivity contribution in [3.63, 3.8) is 0 Å². The molecule has 0 radical (unpaired) electrons. The molecule has 43 heavy (non-hydrogen) atoms. The first-order chi connectivity index (χ1) is 20.6. The average Bonchev–Trinajstić information content (AvgIpc) is 3.68. The molecule has 1 saturated heterocycles. The Hall–Kier alpha value is -4.61. The Morgan fingerprint density at radius 3 is 2.56 bits per heavy atom. The van der Waals surface area contributed by atoms with Crippen molar-refractivity contribution in [1.29, 1.82) is 5.26 Å². The van der Waals surface area contributed by atoms with E-state index in [9.17, 15) is 18.5 Å². The molecule has 1 aliphatic heterocycles. The summed E-state index contributed by atoms with van der Waals surface area (Å²) in [6.45, 7) is 0.831. The van der Waals surface area contributed by atoms with Gasteiger partial charge in [0.1, 0.15) is 0 Å². The maximum atomic E-state index is 12.9. The van der Waals surface area contributed by atoms with Gasteiger partial charge in [-0.2, -0.15) is 19.8 Å². The SMILES string of the molecule is CN(C)C(=O)c1ccc(Nc2nccc(-c3cnn(C(CC#N)CC4CCN(S(=O)(=O)c5ccn(C)n5)CC4)c3)n2)cc1. The summed E-state index contributed by atoms with van der Waals surface area (Å²) in [6.07, 6.45) is 9.30. The molecule has 13 nitrogen and oxygen atoms in total. The lowest BCUT2D eigenvalue weighted by molar-refractivity contribution is 0.0827.